The van der Waals surface area contributed by atoms with Crippen LogP contribution in [0.3, 0.4) is 0 Å². The third kappa shape index (κ3) is 3.18. The lowest BCUT2D eigenvalue weighted by Gasteiger charge is -2.22. The van der Waals surface area contributed by atoms with E-state index < -0.39 is 0 Å². The van der Waals surface area contributed by atoms with Gasteiger partial charge in [0.25, 0.3) is 0 Å². The molecule has 1 aliphatic carbocycles. The van der Waals surface area contributed by atoms with E-state index in [1.165, 1.54) is 19.3 Å². The fourth-order valence-corrected chi connectivity index (χ4v) is 2.32. The monoisotopic (exact) mass is 222 g/mol. The Morgan fingerprint density at radius 1 is 1.44 bits per heavy atom. The maximum atomic E-state index is 9.09. The summed E-state index contributed by atoms with van der Waals surface area (Å²) in [6, 6.07) is 3.69. The van der Waals surface area contributed by atoms with Crippen LogP contribution < -0.4 is 5.32 Å². The van der Waals surface area contributed by atoms with Gasteiger partial charge >= 0.3 is 0 Å². The Hall–Kier alpha value is -0.630. The summed E-state index contributed by atoms with van der Waals surface area (Å²) in [7, 11) is 4.27. The normalized spacial score (nSPS) is 28.2. The smallest absolute Gasteiger partial charge is 0.108 e. The van der Waals surface area contributed by atoms with Crippen molar-refractivity contribution in [2.75, 3.05) is 33.7 Å². The van der Waals surface area contributed by atoms with Crippen LogP contribution in [0.4, 0.5) is 0 Å². The van der Waals surface area contributed by atoms with Crippen molar-refractivity contribution < 1.29 is 0 Å². The van der Waals surface area contributed by atoms with Crippen molar-refractivity contribution in [2.24, 2.45) is 0 Å². The number of hydrogen-bond donors (Lipinski definition) is 1. The Kier molecular flexibility index (Phi) is 3.80. The van der Waals surface area contributed by atoms with Crippen molar-refractivity contribution in [2.45, 2.75) is 37.4 Å². The molecule has 0 spiro atoms. The van der Waals surface area contributed by atoms with E-state index >= 15 is 0 Å². The van der Waals surface area contributed by atoms with Gasteiger partial charge in [-0.1, -0.05) is 0 Å². The average Bonchev–Trinajstić information content (AvgIpc) is 2.93. The molecular weight excluding hydrogens is 200 g/mol. The highest BCUT2D eigenvalue weighted by atomic mass is 15.2. The summed E-state index contributed by atoms with van der Waals surface area (Å²) in [5, 5.41) is 12.5. The Labute approximate surface area is 98.2 Å². The van der Waals surface area contributed by atoms with Crippen LogP contribution in [-0.4, -0.2) is 61.7 Å². The summed E-state index contributed by atoms with van der Waals surface area (Å²) in [6.07, 6.45) is 3.73. The number of likely N-dealkylation sites (N-methyl/N-ethyl adjacent to an activating group) is 1. The van der Waals surface area contributed by atoms with Crippen LogP contribution in [0.1, 0.15) is 19.3 Å². The molecule has 1 saturated heterocycles. The molecule has 1 saturated carbocycles. The predicted molar refractivity (Wildman–Crippen MR) is 64.1 cm³/mol. The summed E-state index contributed by atoms with van der Waals surface area (Å²) < 4.78 is 0. The molecule has 0 aromatic heterocycles. The lowest BCUT2D eigenvalue weighted by Crippen LogP contribution is -2.41. The van der Waals surface area contributed by atoms with Crippen LogP contribution in [-0.2, 0) is 0 Å². The average molecular weight is 222 g/mol. The zero-order valence-electron chi connectivity index (χ0n) is 10.3. The molecule has 4 nitrogen and oxygen atoms in total. The second-order valence-corrected chi connectivity index (χ2v) is 5.29. The first-order chi connectivity index (χ1) is 7.69. The first-order valence-corrected chi connectivity index (χ1v) is 6.23. The highest BCUT2D eigenvalue weighted by Crippen LogP contribution is 2.20. The van der Waals surface area contributed by atoms with Crippen molar-refractivity contribution in [3.05, 3.63) is 0 Å². The number of nitriles is 1. The molecular formula is C12H22N4. The number of hydrogen-bond acceptors (Lipinski definition) is 4. The Bertz CT molecular complexity index is 267. The van der Waals surface area contributed by atoms with Crippen LogP contribution in [0.5, 0.6) is 0 Å². The topological polar surface area (TPSA) is 42.3 Å². The molecule has 0 aromatic rings. The van der Waals surface area contributed by atoms with E-state index in [-0.39, 0.29) is 6.04 Å². The van der Waals surface area contributed by atoms with Crippen LogP contribution in [0, 0.1) is 11.3 Å². The molecule has 1 aliphatic heterocycles. The lowest BCUT2D eigenvalue weighted by molar-refractivity contribution is 0.260. The predicted octanol–water partition coefficient (Wildman–Crippen LogP) is 0.266. The third-order valence-electron chi connectivity index (χ3n) is 3.59. The first kappa shape index (κ1) is 11.8. The van der Waals surface area contributed by atoms with E-state index in [1.807, 2.05) is 0 Å². The van der Waals surface area contributed by atoms with Gasteiger partial charge in [0.15, 0.2) is 0 Å². The van der Waals surface area contributed by atoms with Gasteiger partial charge in [-0.25, -0.2) is 0 Å². The summed E-state index contributed by atoms with van der Waals surface area (Å²) in [4.78, 5) is 4.70. The van der Waals surface area contributed by atoms with Gasteiger partial charge in [-0.2, -0.15) is 5.26 Å². The standard InChI is InChI=1S/C12H22N4/c1-15(2)12-5-6-16(9-12)8-11(7-13)14-10-3-4-10/h10-12,14H,3-6,8-9H2,1-2H3. The number of likely N-dealkylation sites (tertiary alicyclic amines) is 1. The quantitative estimate of drug-likeness (QED) is 0.725. The molecule has 0 radical (unpaired) electrons. The molecule has 2 rings (SSSR count). The van der Waals surface area contributed by atoms with Gasteiger partial charge < -0.3 is 4.90 Å². The second-order valence-electron chi connectivity index (χ2n) is 5.29. The summed E-state index contributed by atoms with van der Waals surface area (Å²) >= 11 is 0. The molecule has 0 amide bonds. The highest BCUT2D eigenvalue weighted by Gasteiger charge is 2.29. The number of nitrogens with zero attached hydrogens (tertiary/aromatic N) is 3. The van der Waals surface area contributed by atoms with Gasteiger partial charge in [0.1, 0.15) is 6.04 Å². The maximum absolute atomic E-state index is 9.09. The first-order valence-electron chi connectivity index (χ1n) is 6.23. The van der Waals surface area contributed by atoms with E-state index in [2.05, 4.69) is 35.3 Å². The van der Waals surface area contributed by atoms with Crippen LogP contribution in [0.2, 0.25) is 0 Å². The van der Waals surface area contributed by atoms with Crippen molar-refractivity contribution >= 4 is 0 Å². The third-order valence-corrected chi connectivity index (χ3v) is 3.59. The lowest BCUT2D eigenvalue weighted by atomic mass is 10.2. The van der Waals surface area contributed by atoms with Gasteiger partial charge in [0, 0.05) is 25.2 Å². The SMILES string of the molecule is CN(C)C1CCN(CC(C#N)NC2CC2)C1. The van der Waals surface area contributed by atoms with Gasteiger partial charge in [0.05, 0.1) is 6.07 Å². The van der Waals surface area contributed by atoms with Gasteiger partial charge in [-0.15, -0.1) is 0 Å². The van der Waals surface area contributed by atoms with Gasteiger partial charge in [-0.3, -0.25) is 10.2 Å². The molecule has 1 N–H and O–H groups in total. The van der Waals surface area contributed by atoms with E-state index in [1.54, 1.807) is 0 Å². The van der Waals surface area contributed by atoms with Crippen molar-refractivity contribution in [1.82, 2.24) is 15.1 Å². The molecule has 2 unspecified atom stereocenters. The zero-order valence-corrected chi connectivity index (χ0v) is 10.3. The molecule has 0 bridgehead atoms. The minimum Gasteiger partial charge on any atom is -0.305 e. The van der Waals surface area contributed by atoms with E-state index in [0.29, 0.717) is 12.1 Å². The molecule has 4 heteroatoms. The summed E-state index contributed by atoms with van der Waals surface area (Å²) in [6.45, 7) is 3.13. The largest absolute Gasteiger partial charge is 0.305 e. The second kappa shape index (κ2) is 5.13. The molecule has 1 heterocycles. The van der Waals surface area contributed by atoms with Crippen molar-refractivity contribution in [1.29, 1.82) is 5.26 Å². The number of nitrogens with one attached hydrogen (secondary N) is 1. The fraction of sp³-hybridized carbons (Fsp3) is 0.917. The van der Waals surface area contributed by atoms with E-state index in [4.69, 9.17) is 5.26 Å². The Morgan fingerprint density at radius 3 is 2.69 bits per heavy atom. The maximum Gasteiger partial charge on any atom is 0.108 e. The minimum atomic E-state index is 0.0217. The molecule has 90 valence electrons. The van der Waals surface area contributed by atoms with Crippen LogP contribution in [0.25, 0.3) is 0 Å². The summed E-state index contributed by atoms with van der Waals surface area (Å²) in [5.74, 6) is 0. The van der Waals surface area contributed by atoms with Gasteiger partial charge in [0.2, 0.25) is 0 Å². The molecule has 2 atom stereocenters. The Balaban J connectivity index is 1.74. The fourth-order valence-electron chi connectivity index (χ4n) is 2.32. The molecule has 16 heavy (non-hydrogen) atoms. The van der Waals surface area contributed by atoms with E-state index in [9.17, 15) is 0 Å². The molecule has 2 aliphatic rings. The van der Waals surface area contributed by atoms with E-state index in [0.717, 1.165) is 19.6 Å². The van der Waals surface area contributed by atoms with Crippen LogP contribution in [0.15, 0.2) is 0 Å². The van der Waals surface area contributed by atoms with Gasteiger partial charge in [-0.05, 0) is 39.9 Å². The molecule has 2 fully saturated rings. The summed E-state index contributed by atoms with van der Waals surface area (Å²) in [5.41, 5.74) is 0. The highest BCUT2D eigenvalue weighted by molar-refractivity contribution is 4.98. The van der Waals surface area contributed by atoms with Crippen molar-refractivity contribution in [3.63, 3.8) is 0 Å². The molecule has 0 aromatic carbocycles. The van der Waals surface area contributed by atoms with Crippen LogP contribution >= 0.6 is 0 Å². The zero-order chi connectivity index (χ0) is 11.5. The minimum absolute atomic E-state index is 0.0217. The number of rotatable bonds is 5. The van der Waals surface area contributed by atoms with Crippen molar-refractivity contribution in [3.8, 4) is 6.07 Å². The Morgan fingerprint density at radius 2 is 2.19 bits per heavy atom.